The van der Waals surface area contributed by atoms with Gasteiger partial charge in [-0.25, -0.2) is 0 Å². The molecular formula is C10H13Cl2NOS. The first-order chi connectivity index (χ1) is 7.16. The lowest BCUT2D eigenvalue weighted by atomic mass is 10.0. The van der Waals surface area contributed by atoms with E-state index in [1.54, 1.807) is 0 Å². The normalized spacial score (nSPS) is 23.3. The van der Waals surface area contributed by atoms with Gasteiger partial charge in [0.05, 0.1) is 14.8 Å². The second-order valence-corrected chi connectivity index (χ2v) is 6.04. The van der Waals surface area contributed by atoms with Gasteiger partial charge in [0.15, 0.2) is 0 Å². The Kier molecular flexibility index (Phi) is 3.91. The summed E-state index contributed by atoms with van der Waals surface area (Å²) < 4.78 is 6.93. The first-order valence-electron chi connectivity index (χ1n) is 4.98. The van der Waals surface area contributed by atoms with Crippen LogP contribution in [-0.4, -0.2) is 12.7 Å². The van der Waals surface area contributed by atoms with Gasteiger partial charge in [0, 0.05) is 12.6 Å². The van der Waals surface area contributed by atoms with Crippen LogP contribution >= 0.6 is 34.5 Å². The maximum atomic E-state index is 6.07. The highest BCUT2D eigenvalue weighted by molar-refractivity contribution is 7.20. The number of hydrogen-bond acceptors (Lipinski definition) is 3. The molecule has 2 N–H and O–H groups in total. The molecule has 2 nitrogen and oxygen atoms in total. The summed E-state index contributed by atoms with van der Waals surface area (Å²) in [5.41, 5.74) is 7.02. The lowest BCUT2D eigenvalue weighted by molar-refractivity contribution is 0.0984. The van der Waals surface area contributed by atoms with Crippen molar-refractivity contribution in [3.63, 3.8) is 0 Å². The molecule has 1 saturated heterocycles. The summed E-state index contributed by atoms with van der Waals surface area (Å²) in [5, 5.41) is 0. The summed E-state index contributed by atoms with van der Waals surface area (Å²) in [4.78, 5) is 0. The van der Waals surface area contributed by atoms with Crippen LogP contribution in [0.2, 0.25) is 8.67 Å². The Morgan fingerprint density at radius 2 is 2.40 bits per heavy atom. The van der Waals surface area contributed by atoms with Gasteiger partial charge in [-0.3, -0.25) is 0 Å². The molecule has 1 aliphatic rings. The molecule has 1 aromatic rings. The third-order valence-corrected chi connectivity index (χ3v) is 4.14. The molecule has 5 heteroatoms. The van der Waals surface area contributed by atoms with Crippen molar-refractivity contribution in [2.24, 2.45) is 5.73 Å². The minimum atomic E-state index is -0.0654. The van der Waals surface area contributed by atoms with E-state index in [-0.39, 0.29) is 12.1 Å². The minimum Gasteiger partial charge on any atom is -0.378 e. The number of rotatable bonds is 3. The predicted molar refractivity (Wildman–Crippen MR) is 64.9 cm³/mol. The summed E-state index contributed by atoms with van der Waals surface area (Å²) in [7, 11) is 0. The lowest BCUT2D eigenvalue weighted by Crippen LogP contribution is -2.18. The molecule has 0 amide bonds. The fourth-order valence-corrected chi connectivity index (χ4v) is 3.44. The molecule has 15 heavy (non-hydrogen) atoms. The fraction of sp³-hybridized carbons (Fsp3) is 0.600. The SMILES string of the molecule is NC(CC1CCCO1)c1cc(Cl)sc1Cl. The Hall–Kier alpha value is 0.200. The highest BCUT2D eigenvalue weighted by atomic mass is 35.5. The molecule has 0 aliphatic carbocycles. The summed E-state index contributed by atoms with van der Waals surface area (Å²) >= 11 is 13.3. The van der Waals surface area contributed by atoms with E-state index >= 15 is 0 Å². The smallest absolute Gasteiger partial charge is 0.0991 e. The van der Waals surface area contributed by atoms with Crippen molar-refractivity contribution < 1.29 is 4.74 Å². The maximum Gasteiger partial charge on any atom is 0.0991 e. The van der Waals surface area contributed by atoms with Crippen LogP contribution < -0.4 is 5.73 Å². The van der Waals surface area contributed by atoms with Crippen molar-refractivity contribution in [3.8, 4) is 0 Å². The van der Waals surface area contributed by atoms with E-state index in [2.05, 4.69) is 0 Å². The van der Waals surface area contributed by atoms with Gasteiger partial charge in [0.25, 0.3) is 0 Å². The molecule has 0 spiro atoms. The van der Waals surface area contributed by atoms with E-state index in [0.717, 1.165) is 31.4 Å². The zero-order valence-corrected chi connectivity index (χ0v) is 10.5. The molecule has 2 rings (SSSR count). The maximum absolute atomic E-state index is 6.07. The number of halogens is 2. The first-order valence-corrected chi connectivity index (χ1v) is 6.56. The highest BCUT2D eigenvalue weighted by Crippen LogP contribution is 2.36. The molecule has 2 atom stereocenters. The predicted octanol–water partition coefficient (Wildman–Crippen LogP) is 3.62. The van der Waals surface area contributed by atoms with E-state index < -0.39 is 0 Å². The monoisotopic (exact) mass is 265 g/mol. The Balaban J connectivity index is 2.00. The summed E-state index contributed by atoms with van der Waals surface area (Å²) in [6.45, 7) is 0.857. The molecule has 1 aliphatic heterocycles. The number of ether oxygens (including phenoxy) is 1. The van der Waals surface area contributed by atoms with Crippen LogP contribution in [0.25, 0.3) is 0 Å². The lowest BCUT2D eigenvalue weighted by Gasteiger charge is -2.15. The van der Waals surface area contributed by atoms with Crippen molar-refractivity contribution in [1.29, 1.82) is 0 Å². The summed E-state index contributed by atoms with van der Waals surface area (Å²) in [6, 6.07) is 1.79. The van der Waals surface area contributed by atoms with Crippen LogP contribution in [0.15, 0.2) is 6.07 Å². The summed E-state index contributed by atoms with van der Waals surface area (Å²) in [5.74, 6) is 0. The van der Waals surface area contributed by atoms with Gasteiger partial charge in [0.2, 0.25) is 0 Å². The highest BCUT2D eigenvalue weighted by Gasteiger charge is 2.22. The largest absolute Gasteiger partial charge is 0.378 e. The second-order valence-electron chi connectivity index (χ2n) is 3.76. The van der Waals surface area contributed by atoms with Crippen molar-refractivity contribution in [2.75, 3.05) is 6.61 Å². The first kappa shape index (κ1) is 11.7. The van der Waals surface area contributed by atoms with Gasteiger partial charge in [-0.1, -0.05) is 23.2 Å². The molecule has 0 saturated carbocycles. The quantitative estimate of drug-likeness (QED) is 0.906. The third-order valence-electron chi connectivity index (χ3n) is 2.62. The van der Waals surface area contributed by atoms with Gasteiger partial charge in [-0.2, -0.15) is 0 Å². The topological polar surface area (TPSA) is 35.2 Å². The molecule has 0 aromatic carbocycles. The average molecular weight is 266 g/mol. The van der Waals surface area contributed by atoms with Crippen LogP contribution in [0, 0.1) is 0 Å². The standard InChI is InChI=1S/C10H13Cl2NOS/c11-9-5-7(10(12)15-9)8(13)4-6-2-1-3-14-6/h5-6,8H,1-4,13H2. The minimum absolute atomic E-state index is 0.0654. The van der Waals surface area contributed by atoms with Crippen molar-refractivity contribution >= 4 is 34.5 Å². The number of hydrogen-bond donors (Lipinski definition) is 1. The fourth-order valence-electron chi connectivity index (χ4n) is 1.85. The van der Waals surface area contributed by atoms with Crippen LogP contribution in [0.4, 0.5) is 0 Å². The number of thiophene rings is 1. The van der Waals surface area contributed by atoms with E-state index in [1.807, 2.05) is 6.07 Å². The Morgan fingerprint density at radius 3 is 2.93 bits per heavy atom. The van der Waals surface area contributed by atoms with Crippen LogP contribution in [-0.2, 0) is 4.74 Å². The van der Waals surface area contributed by atoms with Gasteiger partial charge in [-0.05, 0) is 30.9 Å². The molecule has 1 aromatic heterocycles. The van der Waals surface area contributed by atoms with Crippen molar-refractivity contribution in [3.05, 3.63) is 20.3 Å². The van der Waals surface area contributed by atoms with E-state index in [0.29, 0.717) is 8.67 Å². The van der Waals surface area contributed by atoms with E-state index in [9.17, 15) is 0 Å². The van der Waals surface area contributed by atoms with Gasteiger partial charge < -0.3 is 10.5 Å². The number of nitrogens with two attached hydrogens (primary N) is 1. The van der Waals surface area contributed by atoms with E-state index in [1.165, 1.54) is 11.3 Å². The van der Waals surface area contributed by atoms with Gasteiger partial charge in [0.1, 0.15) is 0 Å². The molecule has 0 bridgehead atoms. The molecule has 2 unspecified atom stereocenters. The summed E-state index contributed by atoms with van der Waals surface area (Å²) in [6.07, 6.45) is 3.35. The third kappa shape index (κ3) is 2.86. The van der Waals surface area contributed by atoms with Gasteiger partial charge >= 0.3 is 0 Å². The molecule has 0 radical (unpaired) electrons. The average Bonchev–Trinajstić information content (AvgIpc) is 2.75. The Bertz CT molecular complexity index is 336. The Morgan fingerprint density at radius 1 is 1.60 bits per heavy atom. The molecule has 84 valence electrons. The van der Waals surface area contributed by atoms with Gasteiger partial charge in [-0.15, -0.1) is 11.3 Å². The van der Waals surface area contributed by atoms with E-state index in [4.69, 9.17) is 33.7 Å². The van der Waals surface area contributed by atoms with Crippen LogP contribution in [0.5, 0.6) is 0 Å². The Labute approximate surface area is 103 Å². The molecule has 1 fully saturated rings. The zero-order chi connectivity index (χ0) is 10.8. The van der Waals surface area contributed by atoms with Crippen LogP contribution in [0.1, 0.15) is 30.9 Å². The van der Waals surface area contributed by atoms with Crippen molar-refractivity contribution in [2.45, 2.75) is 31.4 Å². The van der Waals surface area contributed by atoms with Crippen molar-refractivity contribution in [1.82, 2.24) is 0 Å². The second kappa shape index (κ2) is 5.02. The zero-order valence-electron chi connectivity index (χ0n) is 8.21. The molecular weight excluding hydrogens is 253 g/mol. The molecule has 2 heterocycles. The van der Waals surface area contributed by atoms with Crippen LogP contribution in [0.3, 0.4) is 0 Å².